The van der Waals surface area contributed by atoms with E-state index in [1.807, 2.05) is 0 Å². The molecule has 1 heterocycles. The third kappa shape index (κ3) is 3.38. The summed E-state index contributed by atoms with van der Waals surface area (Å²) >= 11 is 0. The zero-order valence-corrected chi connectivity index (χ0v) is 15.8. The number of ether oxygens (including phenoxy) is 1. The van der Waals surface area contributed by atoms with Crippen LogP contribution in [0.15, 0.2) is 42.5 Å². The Kier molecular flexibility index (Phi) is 5.01. The molecular weight excluding hydrogens is 322 g/mol. The molecule has 0 radical (unpaired) electrons. The van der Waals surface area contributed by atoms with E-state index >= 15 is 0 Å². The first-order valence-corrected chi connectivity index (χ1v) is 9.91. The Morgan fingerprint density at radius 2 is 1.85 bits per heavy atom. The Balaban J connectivity index is 1.59. The van der Waals surface area contributed by atoms with Crippen molar-refractivity contribution >= 4 is 0 Å². The Morgan fingerprint density at radius 3 is 2.58 bits per heavy atom. The zero-order chi connectivity index (χ0) is 18.1. The van der Waals surface area contributed by atoms with Crippen LogP contribution in [-0.4, -0.2) is 35.8 Å². The van der Waals surface area contributed by atoms with E-state index < -0.39 is 0 Å². The van der Waals surface area contributed by atoms with Crippen molar-refractivity contribution in [3.05, 3.63) is 53.6 Å². The van der Waals surface area contributed by atoms with Crippen LogP contribution in [0, 0.1) is 0 Å². The van der Waals surface area contributed by atoms with Crippen LogP contribution in [0.2, 0.25) is 0 Å². The minimum absolute atomic E-state index is 0.199. The molecule has 0 saturated carbocycles. The Bertz CT molecular complexity index is 751. The van der Waals surface area contributed by atoms with Crippen LogP contribution in [0.5, 0.6) is 5.75 Å². The van der Waals surface area contributed by atoms with E-state index in [0.29, 0.717) is 6.04 Å². The lowest BCUT2D eigenvalue weighted by Crippen LogP contribution is -2.33. The van der Waals surface area contributed by atoms with Gasteiger partial charge in [-0.25, -0.2) is 0 Å². The standard InChI is InChI=1S/C23H29NO2/c1-16(2)26-20-7-4-17(5-8-20)18-6-9-21-19-10-12-24(11-3-13-25)23(15-19)22(21)14-18/h4-9,14,16,19,23,25H,3,10-13,15H2,1-2H3. The summed E-state index contributed by atoms with van der Waals surface area (Å²) < 4.78 is 5.76. The minimum Gasteiger partial charge on any atom is -0.491 e. The van der Waals surface area contributed by atoms with Gasteiger partial charge in [-0.2, -0.15) is 0 Å². The van der Waals surface area contributed by atoms with Gasteiger partial charge in [-0.3, -0.25) is 4.90 Å². The van der Waals surface area contributed by atoms with Gasteiger partial charge in [-0.1, -0.05) is 24.3 Å². The lowest BCUT2D eigenvalue weighted by atomic mass is 9.95. The van der Waals surface area contributed by atoms with E-state index in [1.54, 1.807) is 5.56 Å². The number of nitrogens with zero attached hydrogens (tertiary/aromatic N) is 1. The van der Waals surface area contributed by atoms with Crippen molar-refractivity contribution in [3.63, 3.8) is 0 Å². The highest BCUT2D eigenvalue weighted by molar-refractivity contribution is 5.66. The molecule has 2 aromatic carbocycles. The predicted molar refractivity (Wildman–Crippen MR) is 106 cm³/mol. The van der Waals surface area contributed by atoms with E-state index in [-0.39, 0.29) is 12.7 Å². The topological polar surface area (TPSA) is 32.7 Å². The second kappa shape index (κ2) is 7.42. The first kappa shape index (κ1) is 17.6. The van der Waals surface area contributed by atoms with Crippen molar-refractivity contribution in [2.45, 2.75) is 51.2 Å². The average Bonchev–Trinajstić information content (AvgIpc) is 2.94. The predicted octanol–water partition coefficient (Wildman–Crippen LogP) is 4.76. The highest BCUT2D eigenvalue weighted by Gasteiger charge is 2.38. The summed E-state index contributed by atoms with van der Waals surface area (Å²) in [5.41, 5.74) is 5.58. The van der Waals surface area contributed by atoms with Crippen molar-refractivity contribution in [3.8, 4) is 16.9 Å². The van der Waals surface area contributed by atoms with Crippen LogP contribution in [0.4, 0.5) is 0 Å². The zero-order valence-electron chi connectivity index (χ0n) is 15.8. The maximum absolute atomic E-state index is 9.19. The van der Waals surface area contributed by atoms with Gasteiger partial charge in [0.1, 0.15) is 5.75 Å². The molecule has 2 bridgehead atoms. The second-order valence-electron chi connectivity index (χ2n) is 7.88. The fourth-order valence-corrected chi connectivity index (χ4v) is 4.57. The summed E-state index contributed by atoms with van der Waals surface area (Å²) in [4.78, 5) is 2.57. The Hall–Kier alpha value is -1.84. The molecule has 2 aromatic rings. The molecule has 0 spiro atoms. The van der Waals surface area contributed by atoms with Gasteiger partial charge in [-0.15, -0.1) is 0 Å². The van der Waals surface area contributed by atoms with Gasteiger partial charge in [-0.05, 0) is 86.0 Å². The monoisotopic (exact) mass is 351 g/mol. The summed E-state index contributed by atoms with van der Waals surface area (Å²) in [7, 11) is 0. The largest absolute Gasteiger partial charge is 0.491 e. The Labute approximate surface area is 156 Å². The lowest BCUT2D eigenvalue weighted by molar-refractivity contribution is 0.139. The molecule has 0 aromatic heterocycles. The van der Waals surface area contributed by atoms with E-state index in [9.17, 15) is 5.11 Å². The fraction of sp³-hybridized carbons (Fsp3) is 0.478. The van der Waals surface area contributed by atoms with Crippen molar-refractivity contribution in [1.29, 1.82) is 0 Å². The second-order valence-corrected chi connectivity index (χ2v) is 7.88. The fourth-order valence-electron chi connectivity index (χ4n) is 4.57. The van der Waals surface area contributed by atoms with Crippen molar-refractivity contribution in [2.24, 2.45) is 0 Å². The van der Waals surface area contributed by atoms with Crippen LogP contribution in [-0.2, 0) is 0 Å². The van der Waals surface area contributed by atoms with Crippen molar-refractivity contribution in [1.82, 2.24) is 4.90 Å². The quantitative estimate of drug-likeness (QED) is 0.815. The maximum atomic E-state index is 9.19. The number of benzene rings is 2. The first-order chi connectivity index (χ1) is 12.7. The molecule has 1 saturated heterocycles. The molecular formula is C23H29NO2. The van der Waals surface area contributed by atoms with Gasteiger partial charge in [0, 0.05) is 19.2 Å². The molecule has 4 rings (SSSR count). The van der Waals surface area contributed by atoms with E-state index in [1.165, 1.54) is 29.5 Å². The summed E-state index contributed by atoms with van der Waals surface area (Å²) in [6.45, 7) is 6.54. The minimum atomic E-state index is 0.199. The summed E-state index contributed by atoms with van der Waals surface area (Å²) in [5.74, 6) is 1.65. The number of likely N-dealkylation sites (tertiary alicyclic amines) is 1. The summed E-state index contributed by atoms with van der Waals surface area (Å²) in [5, 5.41) is 9.19. The van der Waals surface area contributed by atoms with Gasteiger partial charge in [0.2, 0.25) is 0 Å². The van der Waals surface area contributed by atoms with Gasteiger partial charge in [0.05, 0.1) is 6.10 Å². The van der Waals surface area contributed by atoms with Gasteiger partial charge < -0.3 is 9.84 Å². The molecule has 1 fully saturated rings. The third-order valence-electron chi connectivity index (χ3n) is 5.76. The van der Waals surface area contributed by atoms with Gasteiger partial charge in [0.25, 0.3) is 0 Å². The molecule has 26 heavy (non-hydrogen) atoms. The third-order valence-corrected chi connectivity index (χ3v) is 5.76. The molecule has 2 aliphatic rings. The molecule has 2 atom stereocenters. The summed E-state index contributed by atoms with van der Waals surface area (Å²) in [6.07, 6.45) is 3.55. The number of rotatable bonds is 6. The molecule has 1 aliphatic carbocycles. The van der Waals surface area contributed by atoms with E-state index in [2.05, 4.69) is 61.2 Å². The van der Waals surface area contributed by atoms with Crippen LogP contribution in [0.25, 0.3) is 11.1 Å². The highest BCUT2D eigenvalue weighted by atomic mass is 16.5. The number of aliphatic hydroxyl groups is 1. The molecule has 2 unspecified atom stereocenters. The van der Waals surface area contributed by atoms with Crippen LogP contribution in [0.3, 0.4) is 0 Å². The molecule has 3 heteroatoms. The van der Waals surface area contributed by atoms with Crippen molar-refractivity contribution in [2.75, 3.05) is 19.7 Å². The highest BCUT2D eigenvalue weighted by Crippen LogP contribution is 2.49. The first-order valence-electron chi connectivity index (χ1n) is 9.91. The number of hydrogen-bond donors (Lipinski definition) is 1. The van der Waals surface area contributed by atoms with E-state index in [0.717, 1.165) is 31.2 Å². The maximum Gasteiger partial charge on any atom is 0.119 e. The summed E-state index contributed by atoms with van der Waals surface area (Å²) in [6, 6.07) is 16.0. The lowest BCUT2D eigenvalue weighted by Gasteiger charge is -2.33. The SMILES string of the molecule is CC(C)Oc1ccc(-c2ccc3c(c2)C2CC3CCN2CCCO)cc1. The number of aliphatic hydroxyl groups excluding tert-OH is 1. The van der Waals surface area contributed by atoms with Gasteiger partial charge in [0.15, 0.2) is 0 Å². The molecule has 138 valence electrons. The van der Waals surface area contributed by atoms with Crippen LogP contribution in [0.1, 0.15) is 56.2 Å². The molecule has 3 nitrogen and oxygen atoms in total. The van der Waals surface area contributed by atoms with Crippen LogP contribution >= 0.6 is 0 Å². The number of hydrogen-bond acceptors (Lipinski definition) is 3. The smallest absolute Gasteiger partial charge is 0.119 e. The molecule has 1 N–H and O–H groups in total. The van der Waals surface area contributed by atoms with Gasteiger partial charge >= 0.3 is 0 Å². The number of piperidine rings is 1. The Morgan fingerprint density at radius 1 is 1.08 bits per heavy atom. The average molecular weight is 351 g/mol. The molecule has 1 aliphatic heterocycles. The molecule has 0 amide bonds. The number of fused-ring (bicyclic) bond motifs is 5. The van der Waals surface area contributed by atoms with E-state index in [4.69, 9.17) is 4.74 Å². The van der Waals surface area contributed by atoms with Crippen molar-refractivity contribution < 1.29 is 9.84 Å². The normalized spacial score (nSPS) is 21.8. The van der Waals surface area contributed by atoms with Crippen LogP contribution < -0.4 is 4.74 Å².